The molecule has 0 saturated heterocycles. The van der Waals surface area contributed by atoms with E-state index >= 15 is 0 Å². The van der Waals surface area contributed by atoms with Gasteiger partial charge in [-0.25, -0.2) is 9.37 Å². The average Bonchev–Trinajstić information content (AvgIpc) is 2.62. The minimum absolute atomic E-state index is 0.114. The Bertz CT molecular complexity index is 983. The van der Waals surface area contributed by atoms with E-state index in [1.807, 2.05) is 13.0 Å². The average molecular weight is 356 g/mol. The van der Waals surface area contributed by atoms with Crippen molar-refractivity contribution in [1.29, 1.82) is 0 Å². The zero-order valence-corrected chi connectivity index (χ0v) is 14.7. The number of hydrogen-bond acceptors (Lipinski definition) is 4. The molecule has 3 rings (SSSR count). The highest BCUT2D eigenvalue weighted by atomic mass is 32.2. The molecule has 0 fully saturated rings. The Balaban J connectivity index is 1.95. The third-order valence-electron chi connectivity index (χ3n) is 3.92. The Morgan fingerprint density at radius 3 is 2.56 bits per heavy atom. The van der Waals surface area contributed by atoms with E-state index in [1.54, 1.807) is 29.7 Å². The van der Waals surface area contributed by atoms with Crippen LogP contribution in [0.4, 0.5) is 4.39 Å². The van der Waals surface area contributed by atoms with Gasteiger partial charge in [0, 0.05) is 12.1 Å². The van der Waals surface area contributed by atoms with Crippen LogP contribution in [0.5, 0.6) is 0 Å². The van der Waals surface area contributed by atoms with E-state index in [1.165, 1.54) is 36.0 Å². The Labute approximate surface area is 148 Å². The van der Waals surface area contributed by atoms with Crippen molar-refractivity contribution in [1.82, 2.24) is 9.55 Å². The van der Waals surface area contributed by atoms with Crippen LogP contribution < -0.4 is 5.56 Å². The van der Waals surface area contributed by atoms with Crippen molar-refractivity contribution >= 4 is 28.4 Å². The topological polar surface area (TPSA) is 52.0 Å². The lowest BCUT2D eigenvalue weighted by Gasteiger charge is -2.14. The summed E-state index contributed by atoms with van der Waals surface area (Å²) in [6.45, 7) is 4.10. The Hall–Kier alpha value is -2.47. The molecular formula is C19H17FN2O2S. The maximum atomic E-state index is 13.0. The van der Waals surface area contributed by atoms with E-state index in [0.29, 0.717) is 28.2 Å². The molecule has 0 radical (unpaired) electrons. The van der Waals surface area contributed by atoms with E-state index in [4.69, 9.17) is 0 Å². The number of aromatic nitrogens is 2. The number of benzene rings is 2. The third-order valence-corrected chi connectivity index (χ3v) is 5.01. The largest absolute Gasteiger partial charge is 0.293 e. The lowest BCUT2D eigenvalue weighted by Crippen LogP contribution is -2.24. The van der Waals surface area contributed by atoms with Gasteiger partial charge in [-0.15, -0.1) is 0 Å². The zero-order valence-electron chi connectivity index (χ0n) is 13.9. The number of Topliss-reactive ketones (excluding diaryl/α,β-unsaturated/α-hetero) is 1. The minimum atomic E-state index is -0.448. The zero-order chi connectivity index (χ0) is 18.0. The van der Waals surface area contributed by atoms with Crippen LogP contribution in [0.15, 0.2) is 58.5 Å². The van der Waals surface area contributed by atoms with Crippen molar-refractivity contribution in [3.8, 4) is 0 Å². The quantitative estimate of drug-likeness (QED) is 0.395. The molecule has 4 nitrogen and oxygen atoms in total. The summed E-state index contributed by atoms with van der Waals surface area (Å²) < 4.78 is 14.6. The van der Waals surface area contributed by atoms with Gasteiger partial charge in [-0.1, -0.05) is 23.9 Å². The van der Waals surface area contributed by atoms with Gasteiger partial charge in [-0.3, -0.25) is 14.2 Å². The normalized spacial score (nSPS) is 12.3. The molecule has 3 aromatic rings. The first kappa shape index (κ1) is 17.4. The SMILES string of the molecule is CCn1c(SC(C)C(=O)c2ccc(F)cc2)nc2ccccc2c1=O. The number of carbonyl (C=O) groups is 1. The molecule has 0 aliphatic heterocycles. The van der Waals surface area contributed by atoms with Crippen LogP contribution in [0.2, 0.25) is 0 Å². The van der Waals surface area contributed by atoms with Gasteiger partial charge in [0.1, 0.15) is 5.82 Å². The van der Waals surface area contributed by atoms with Gasteiger partial charge < -0.3 is 0 Å². The molecule has 1 unspecified atom stereocenters. The summed E-state index contributed by atoms with van der Waals surface area (Å²) in [6.07, 6.45) is 0. The van der Waals surface area contributed by atoms with Crippen molar-refractivity contribution in [2.24, 2.45) is 0 Å². The number of carbonyl (C=O) groups excluding carboxylic acids is 1. The Kier molecular flexibility index (Phi) is 4.99. The highest BCUT2D eigenvalue weighted by Gasteiger charge is 2.20. The minimum Gasteiger partial charge on any atom is -0.293 e. The highest BCUT2D eigenvalue weighted by Crippen LogP contribution is 2.25. The molecule has 1 heterocycles. The van der Waals surface area contributed by atoms with Crippen molar-refractivity contribution in [3.63, 3.8) is 0 Å². The summed E-state index contributed by atoms with van der Waals surface area (Å²) in [4.78, 5) is 29.7. The van der Waals surface area contributed by atoms with Gasteiger partial charge in [-0.05, 0) is 50.2 Å². The number of para-hydroxylation sites is 1. The number of nitrogens with zero attached hydrogens (tertiary/aromatic N) is 2. The van der Waals surface area contributed by atoms with Crippen LogP contribution in [-0.2, 0) is 6.54 Å². The van der Waals surface area contributed by atoms with Crippen LogP contribution in [0, 0.1) is 5.82 Å². The summed E-state index contributed by atoms with van der Waals surface area (Å²) in [5.41, 5.74) is 0.936. The van der Waals surface area contributed by atoms with Gasteiger partial charge in [0.2, 0.25) is 0 Å². The molecule has 0 spiro atoms. The van der Waals surface area contributed by atoms with Gasteiger partial charge in [-0.2, -0.15) is 0 Å². The number of fused-ring (bicyclic) bond motifs is 1. The smallest absolute Gasteiger partial charge is 0.262 e. The molecule has 2 aromatic carbocycles. The predicted molar refractivity (Wildman–Crippen MR) is 97.7 cm³/mol. The first-order valence-corrected chi connectivity index (χ1v) is 8.85. The lowest BCUT2D eigenvalue weighted by atomic mass is 10.1. The Morgan fingerprint density at radius 1 is 1.20 bits per heavy atom. The summed E-state index contributed by atoms with van der Waals surface area (Å²) in [5, 5.41) is 0.622. The number of hydrogen-bond donors (Lipinski definition) is 0. The summed E-state index contributed by atoms with van der Waals surface area (Å²) >= 11 is 1.24. The molecule has 6 heteroatoms. The van der Waals surface area contributed by atoms with Crippen LogP contribution in [0.25, 0.3) is 10.9 Å². The Morgan fingerprint density at radius 2 is 1.88 bits per heavy atom. The molecule has 1 atom stereocenters. The van der Waals surface area contributed by atoms with Crippen LogP contribution in [0.3, 0.4) is 0 Å². The second kappa shape index (κ2) is 7.19. The number of halogens is 1. The summed E-state index contributed by atoms with van der Waals surface area (Å²) in [6, 6.07) is 12.6. The van der Waals surface area contributed by atoms with Gasteiger partial charge in [0.05, 0.1) is 16.2 Å². The second-order valence-electron chi connectivity index (χ2n) is 5.59. The van der Waals surface area contributed by atoms with Crippen molar-refractivity contribution < 1.29 is 9.18 Å². The molecule has 0 bridgehead atoms. The monoisotopic (exact) mass is 356 g/mol. The molecule has 0 N–H and O–H groups in total. The molecule has 0 aliphatic carbocycles. The molecule has 0 saturated carbocycles. The first-order valence-electron chi connectivity index (χ1n) is 7.97. The van der Waals surface area contributed by atoms with Crippen LogP contribution >= 0.6 is 11.8 Å². The molecule has 25 heavy (non-hydrogen) atoms. The lowest BCUT2D eigenvalue weighted by molar-refractivity contribution is 0.0994. The van der Waals surface area contributed by atoms with E-state index in [0.717, 1.165) is 0 Å². The second-order valence-corrected chi connectivity index (χ2v) is 6.90. The molecule has 0 amide bonds. The molecular weight excluding hydrogens is 339 g/mol. The van der Waals surface area contributed by atoms with Crippen molar-refractivity contribution in [2.75, 3.05) is 0 Å². The highest BCUT2D eigenvalue weighted by molar-refractivity contribution is 8.00. The fraction of sp³-hybridized carbons (Fsp3) is 0.211. The predicted octanol–water partition coefficient (Wildman–Crippen LogP) is 3.92. The van der Waals surface area contributed by atoms with Gasteiger partial charge in [0.25, 0.3) is 5.56 Å². The third kappa shape index (κ3) is 3.49. The fourth-order valence-electron chi connectivity index (χ4n) is 2.58. The van der Waals surface area contributed by atoms with E-state index in [-0.39, 0.29) is 17.2 Å². The van der Waals surface area contributed by atoms with E-state index in [9.17, 15) is 14.0 Å². The molecule has 0 aliphatic rings. The van der Waals surface area contributed by atoms with Crippen LogP contribution in [0.1, 0.15) is 24.2 Å². The van der Waals surface area contributed by atoms with Gasteiger partial charge in [0.15, 0.2) is 10.9 Å². The number of rotatable bonds is 5. The van der Waals surface area contributed by atoms with Crippen LogP contribution in [-0.4, -0.2) is 20.6 Å². The van der Waals surface area contributed by atoms with Crippen molar-refractivity contribution in [2.45, 2.75) is 30.8 Å². The summed E-state index contributed by atoms with van der Waals surface area (Å²) in [7, 11) is 0. The molecule has 128 valence electrons. The maximum absolute atomic E-state index is 13.0. The van der Waals surface area contributed by atoms with E-state index < -0.39 is 5.25 Å². The maximum Gasteiger partial charge on any atom is 0.262 e. The number of ketones is 1. The number of thioether (sulfide) groups is 1. The van der Waals surface area contributed by atoms with E-state index in [2.05, 4.69) is 4.98 Å². The van der Waals surface area contributed by atoms with Crippen molar-refractivity contribution in [3.05, 3.63) is 70.3 Å². The standard InChI is InChI=1S/C19H17FN2O2S/c1-3-22-18(24)15-6-4-5-7-16(15)21-19(22)25-12(2)17(23)13-8-10-14(20)11-9-13/h4-12H,3H2,1-2H3. The first-order chi connectivity index (χ1) is 12.0. The summed E-state index contributed by atoms with van der Waals surface area (Å²) in [5.74, 6) is -0.511. The molecule has 1 aromatic heterocycles. The fourth-order valence-corrected chi connectivity index (χ4v) is 3.63. The van der Waals surface area contributed by atoms with Gasteiger partial charge >= 0.3 is 0 Å².